The van der Waals surface area contributed by atoms with Crippen molar-refractivity contribution in [3.05, 3.63) is 150 Å². The molecule has 52 heavy (non-hydrogen) atoms. The molecule has 0 radical (unpaired) electrons. The second-order valence-corrected chi connectivity index (χ2v) is 15.2. The third-order valence-electron chi connectivity index (χ3n) is 10.2. The van der Waals surface area contributed by atoms with Crippen molar-refractivity contribution in [3.8, 4) is 11.5 Å². The third-order valence-corrected chi connectivity index (χ3v) is 10.2. The van der Waals surface area contributed by atoms with E-state index in [-0.39, 0.29) is 5.56 Å². The molecule has 2 aliphatic heterocycles. The molecule has 4 heteroatoms. The number of anilines is 6. The number of hydrogen-bond donors (Lipinski definition) is 0. The maximum atomic E-state index is 8.55. The van der Waals surface area contributed by atoms with Gasteiger partial charge in [0.05, 0.1) is 5.69 Å². The van der Waals surface area contributed by atoms with Gasteiger partial charge in [-0.2, -0.15) is 0 Å². The Bertz CT molecular complexity index is 2670. The molecule has 0 atom stereocenters. The first-order chi connectivity index (χ1) is 29.7. The molecular formula is C48H49BN2O. The van der Waals surface area contributed by atoms with Gasteiger partial charge in [-0.3, -0.25) is 0 Å². The van der Waals surface area contributed by atoms with Gasteiger partial charge in [-0.1, -0.05) is 135 Å². The monoisotopic (exact) mass is 692 g/mol. The highest BCUT2D eigenvalue weighted by Crippen LogP contribution is 2.46. The van der Waals surface area contributed by atoms with Crippen molar-refractivity contribution in [2.24, 2.45) is 0 Å². The molecule has 0 saturated carbocycles. The summed E-state index contributed by atoms with van der Waals surface area (Å²) in [5.74, 6) is 0.880. The number of rotatable bonds is 4. The van der Waals surface area contributed by atoms with Crippen LogP contribution in [0.15, 0.2) is 133 Å². The first-order valence-corrected chi connectivity index (χ1v) is 17.6. The molecule has 6 aromatic carbocycles. The lowest BCUT2D eigenvalue weighted by Gasteiger charge is -2.42. The van der Waals surface area contributed by atoms with Crippen molar-refractivity contribution in [1.29, 1.82) is 0 Å². The van der Waals surface area contributed by atoms with Gasteiger partial charge in [-0.25, -0.2) is 0 Å². The summed E-state index contributed by atoms with van der Waals surface area (Å²) in [5, 5.41) is 0. The lowest BCUT2D eigenvalue weighted by molar-refractivity contribution is 0.486. The van der Waals surface area contributed by atoms with Gasteiger partial charge in [-0.15, -0.1) is 0 Å². The lowest BCUT2D eigenvalue weighted by atomic mass is 9.33. The number of ether oxygens (including phenoxy) is 1. The molecule has 0 bridgehead atoms. The molecule has 0 spiro atoms. The predicted molar refractivity (Wildman–Crippen MR) is 223 cm³/mol. The average Bonchev–Trinajstić information content (AvgIpc) is 3.22. The van der Waals surface area contributed by atoms with Crippen LogP contribution in [-0.2, 0) is 16.2 Å². The molecule has 0 aliphatic carbocycles. The molecule has 3 nitrogen and oxygen atoms in total. The lowest BCUT2D eigenvalue weighted by Crippen LogP contribution is -2.60. The van der Waals surface area contributed by atoms with E-state index >= 15 is 0 Å². The van der Waals surface area contributed by atoms with Crippen molar-refractivity contribution >= 4 is 57.2 Å². The Hall–Kier alpha value is -5.22. The average molecular weight is 693 g/mol. The van der Waals surface area contributed by atoms with Gasteiger partial charge in [-0.05, 0) is 104 Å². The molecule has 0 saturated heterocycles. The standard InChI is InChI=1S/C48H49BN2O/c1-46(2,3)32-20-24-37(25-21-32)51-41-26-22-33(47(4,5)6)28-39(41)49-40-29-34(48(7,8)9)23-27-43(40)52-44-31-38(30-42(51)45(44)49)50(35-16-12-10-13-17-35)36-18-14-11-15-19-36/h10-31H,1-9H3/i1D3,4D3,7D3,8D3. The van der Waals surface area contributed by atoms with Gasteiger partial charge >= 0.3 is 0 Å². The summed E-state index contributed by atoms with van der Waals surface area (Å²) in [6.45, 7) is -3.21. The molecule has 0 fully saturated rings. The Labute approximate surface area is 327 Å². The summed E-state index contributed by atoms with van der Waals surface area (Å²) in [7, 11) is 0. The summed E-state index contributed by atoms with van der Waals surface area (Å²) >= 11 is 0. The normalized spacial score (nSPS) is 17.9. The van der Waals surface area contributed by atoms with Crippen LogP contribution in [0.1, 0.15) is 95.2 Å². The molecule has 6 aromatic rings. The summed E-state index contributed by atoms with van der Waals surface area (Å²) < 4.78 is 108. The van der Waals surface area contributed by atoms with Crippen LogP contribution in [0.3, 0.4) is 0 Å². The van der Waals surface area contributed by atoms with E-state index in [0.29, 0.717) is 56.1 Å². The number of benzene rings is 6. The fourth-order valence-corrected chi connectivity index (χ4v) is 7.48. The van der Waals surface area contributed by atoms with Crippen LogP contribution >= 0.6 is 0 Å². The van der Waals surface area contributed by atoms with Crippen LogP contribution in [0.25, 0.3) is 0 Å². The fraction of sp³-hybridized carbons (Fsp3) is 0.250. The van der Waals surface area contributed by atoms with E-state index in [1.807, 2.05) is 109 Å². The Morgan fingerprint density at radius 3 is 1.71 bits per heavy atom. The van der Waals surface area contributed by atoms with Crippen molar-refractivity contribution < 1.29 is 21.2 Å². The molecule has 8 rings (SSSR count). The van der Waals surface area contributed by atoms with Crippen LogP contribution in [0.2, 0.25) is 0 Å². The summed E-state index contributed by atoms with van der Waals surface area (Å²) in [6, 6.07) is 41.6. The van der Waals surface area contributed by atoms with E-state index in [2.05, 4.69) is 15.9 Å². The second-order valence-electron chi connectivity index (χ2n) is 15.2. The highest BCUT2D eigenvalue weighted by Gasteiger charge is 2.43. The summed E-state index contributed by atoms with van der Waals surface area (Å²) in [6.07, 6.45) is 0. The van der Waals surface area contributed by atoms with E-state index in [1.165, 1.54) is 13.0 Å². The van der Waals surface area contributed by atoms with Gasteiger partial charge in [0.15, 0.2) is 0 Å². The minimum Gasteiger partial charge on any atom is -0.458 e. The van der Waals surface area contributed by atoms with Crippen LogP contribution < -0.4 is 30.9 Å². The van der Waals surface area contributed by atoms with Crippen LogP contribution in [0, 0.1) is 0 Å². The zero-order valence-electron chi connectivity index (χ0n) is 42.1. The van der Waals surface area contributed by atoms with Crippen molar-refractivity contribution in [3.63, 3.8) is 0 Å². The Morgan fingerprint density at radius 2 is 1.08 bits per heavy atom. The first-order valence-electron chi connectivity index (χ1n) is 23.6. The first kappa shape index (κ1) is 22.7. The van der Waals surface area contributed by atoms with Crippen molar-refractivity contribution in [2.75, 3.05) is 9.80 Å². The van der Waals surface area contributed by atoms with Gasteiger partial charge < -0.3 is 14.5 Å². The smallest absolute Gasteiger partial charge is 0.256 e. The fourth-order valence-electron chi connectivity index (χ4n) is 7.48. The van der Waals surface area contributed by atoms with E-state index in [0.717, 1.165) is 17.1 Å². The molecule has 0 amide bonds. The quantitative estimate of drug-likeness (QED) is 0.171. The number of hydrogen-bond acceptors (Lipinski definition) is 3. The maximum absolute atomic E-state index is 8.55. The number of nitrogens with zero attached hydrogens (tertiary/aromatic N) is 2. The van der Waals surface area contributed by atoms with Crippen molar-refractivity contribution in [1.82, 2.24) is 0 Å². The molecule has 2 heterocycles. The van der Waals surface area contributed by atoms with E-state index in [9.17, 15) is 0 Å². The van der Waals surface area contributed by atoms with E-state index in [1.54, 1.807) is 39.8 Å². The molecule has 0 unspecified atom stereocenters. The predicted octanol–water partition coefficient (Wildman–Crippen LogP) is 11.5. The second kappa shape index (κ2) is 12.2. The summed E-state index contributed by atoms with van der Waals surface area (Å²) in [4.78, 5) is 4.18. The maximum Gasteiger partial charge on any atom is 0.256 e. The zero-order chi connectivity index (χ0) is 46.6. The van der Waals surface area contributed by atoms with E-state index < -0.39 is 50.4 Å². The van der Waals surface area contributed by atoms with Gasteiger partial charge in [0, 0.05) is 51.0 Å². The highest BCUT2D eigenvalue weighted by atomic mass is 16.5. The van der Waals surface area contributed by atoms with Gasteiger partial charge in [0.25, 0.3) is 6.71 Å². The van der Waals surface area contributed by atoms with Gasteiger partial charge in [0.1, 0.15) is 11.5 Å². The van der Waals surface area contributed by atoms with Crippen LogP contribution in [-0.4, -0.2) is 6.71 Å². The minimum atomic E-state index is -2.92. The molecule has 2 aliphatic rings. The third kappa shape index (κ3) is 5.89. The molecular weight excluding hydrogens is 631 g/mol. The molecule has 0 aromatic heterocycles. The minimum absolute atomic E-state index is 0.0891. The SMILES string of the molecule is [2H]C([2H])([2H])C(C)(C)c1ccc(N2c3ccc(C(C)(C)C([2H])([2H])[2H])cc3B3c4cc(C(C)(C([2H])([2H])[2H])C([2H])([2H])[2H])ccc4Oc4cc(N(c5ccccc5)c5ccccc5)cc2c43)cc1. The number of fused-ring (bicyclic) bond motifs is 4. The Morgan fingerprint density at radius 1 is 0.519 bits per heavy atom. The zero-order valence-corrected chi connectivity index (χ0v) is 30.1. The van der Waals surface area contributed by atoms with Crippen LogP contribution in [0.5, 0.6) is 11.5 Å². The largest absolute Gasteiger partial charge is 0.458 e. The Balaban J connectivity index is 1.47. The number of para-hydroxylation sites is 2. The Kier molecular flexibility index (Phi) is 5.31. The molecule has 260 valence electrons. The highest BCUT2D eigenvalue weighted by molar-refractivity contribution is 6.99. The van der Waals surface area contributed by atoms with Gasteiger partial charge in [0.2, 0.25) is 0 Å². The van der Waals surface area contributed by atoms with E-state index in [4.69, 9.17) is 21.2 Å². The van der Waals surface area contributed by atoms with Crippen LogP contribution in [0.4, 0.5) is 34.1 Å². The summed E-state index contributed by atoms with van der Waals surface area (Å²) in [5.41, 5.74) is 3.02. The topological polar surface area (TPSA) is 15.7 Å². The van der Waals surface area contributed by atoms with Crippen molar-refractivity contribution in [2.45, 2.75) is 78.3 Å². The molecule has 0 N–H and O–H groups in total.